The van der Waals surface area contributed by atoms with E-state index < -0.39 is 0 Å². The minimum atomic E-state index is -0.242. The first-order valence-corrected chi connectivity index (χ1v) is 4.70. The molecule has 0 bridgehead atoms. The minimum absolute atomic E-state index is 0.150. The molecular formula is C9H13N3O. The molecule has 13 heavy (non-hydrogen) atoms. The largest absolute Gasteiger partial charge is 0.356 e. The van der Waals surface area contributed by atoms with E-state index in [1.807, 2.05) is 0 Å². The van der Waals surface area contributed by atoms with Gasteiger partial charge in [-0.15, -0.1) is 0 Å². The first kappa shape index (κ1) is 8.36. The molecule has 0 saturated carbocycles. The van der Waals surface area contributed by atoms with Crippen LogP contribution in [0.2, 0.25) is 0 Å². The van der Waals surface area contributed by atoms with Crippen molar-refractivity contribution >= 4 is 5.91 Å². The second-order valence-electron chi connectivity index (χ2n) is 3.91. The zero-order valence-corrected chi connectivity index (χ0v) is 7.55. The van der Waals surface area contributed by atoms with Crippen LogP contribution in [0.4, 0.5) is 0 Å². The molecule has 1 spiro atoms. The number of hydrogen-bond donors (Lipinski definition) is 1. The lowest BCUT2D eigenvalue weighted by molar-refractivity contribution is -0.132. The first-order valence-electron chi connectivity index (χ1n) is 4.70. The summed E-state index contributed by atoms with van der Waals surface area (Å²) in [6.45, 7) is 2.16. The van der Waals surface area contributed by atoms with Crippen LogP contribution in [0.3, 0.4) is 0 Å². The third-order valence-electron chi connectivity index (χ3n) is 3.09. The molecule has 1 unspecified atom stereocenters. The maximum absolute atomic E-state index is 11.6. The van der Waals surface area contributed by atoms with Crippen LogP contribution in [0.1, 0.15) is 19.3 Å². The number of amides is 1. The van der Waals surface area contributed by atoms with Crippen LogP contribution in [-0.2, 0) is 4.79 Å². The number of hydrogen-bond acceptors (Lipinski definition) is 3. The predicted molar refractivity (Wildman–Crippen MR) is 46.5 cm³/mol. The van der Waals surface area contributed by atoms with E-state index in [1.165, 1.54) is 0 Å². The lowest BCUT2D eigenvalue weighted by atomic mass is 9.79. The summed E-state index contributed by atoms with van der Waals surface area (Å²) in [4.78, 5) is 13.3. The number of piperidine rings is 1. The smallest absolute Gasteiger partial charge is 0.228 e. The second kappa shape index (κ2) is 2.91. The Bertz CT molecular complexity index is 271. The van der Waals surface area contributed by atoms with Crippen molar-refractivity contribution in [3.63, 3.8) is 0 Å². The van der Waals surface area contributed by atoms with E-state index in [9.17, 15) is 4.79 Å². The van der Waals surface area contributed by atoms with Crippen molar-refractivity contribution in [3.05, 3.63) is 0 Å². The molecule has 1 N–H and O–H groups in total. The molecule has 2 aliphatic heterocycles. The third kappa shape index (κ3) is 1.24. The van der Waals surface area contributed by atoms with Gasteiger partial charge in [-0.1, -0.05) is 0 Å². The molecule has 2 saturated heterocycles. The zero-order chi connectivity index (χ0) is 9.31. The van der Waals surface area contributed by atoms with Gasteiger partial charge >= 0.3 is 0 Å². The highest BCUT2D eigenvalue weighted by Crippen LogP contribution is 2.36. The molecular weight excluding hydrogens is 166 g/mol. The van der Waals surface area contributed by atoms with E-state index in [2.05, 4.69) is 11.5 Å². The van der Waals surface area contributed by atoms with E-state index in [0.29, 0.717) is 6.54 Å². The maximum atomic E-state index is 11.6. The van der Waals surface area contributed by atoms with Crippen molar-refractivity contribution in [2.45, 2.75) is 19.3 Å². The number of nitrogens with one attached hydrogen (secondary N) is 1. The van der Waals surface area contributed by atoms with Crippen LogP contribution in [0.5, 0.6) is 0 Å². The summed E-state index contributed by atoms with van der Waals surface area (Å²) in [6.07, 6.45) is 4.94. The van der Waals surface area contributed by atoms with Crippen molar-refractivity contribution < 1.29 is 4.79 Å². The number of carbonyl (C=O) groups excluding carboxylic acids is 1. The van der Waals surface area contributed by atoms with Crippen molar-refractivity contribution in [2.75, 3.05) is 19.6 Å². The first-order chi connectivity index (χ1) is 6.27. The van der Waals surface area contributed by atoms with E-state index in [-0.39, 0.29) is 11.3 Å². The zero-order valence-electron chi connectivity index (χ0n) is 7.55. The fraction of sp³-hybridized carbons (Fsp3) is 0.778. The van der Waals surface area contributed by atoms with Crippen molar-refractivity contribution in [3.8, 4) is 6.19 Å². The van der Waals surface area contributed by atoms with Crippen LogP contribution >= 0.6 is 0 Å². The number of likely N-dealkylation sites (tertiary alicyclic amines) is 1. The molecule has 2 rings (SSSR count). The molecule has 0 aromatic carbocycles. The van der Waals surface area contributed by atoms with Crippen LogP contribution in [0.15, 0.2) is 0 Å². The van der Waals surface area contributed by atoms with Crippen molar-refractivity contribution in [1.82, 2.24) is 10.2 Å². The van der Waals surface area contributed by atoms with Gasteiger partial charge in [-0.2, -0.15) is 5.26 Å². The lowest BCUT2D eigenvalue weighted by Gasteiger charge is -2.31. The number of nitrogens with zero attached hydrogens (tertiary/aromatic N) is 2. The van der Waals surface area contributed by atoms with Crippen LogP contribution in [0.25, 0.3) is 0 Å². The Labute approximate surface area is 77.5 Å². The maximum Gasteiger partial charge on any atom is 0.228 e. The molecule has 2 aliphatic rings. The number of carbonyl (C=O) groups is 1. The second-order valence-corrected chi connectivity index (χ2v) is 3.91. The molecule has 70 valence electrons. The highest BCUT2D eigenvalue weighted by molar-refractivity contribution is 5.84. The molecule has 0 aromatic heterocycles. The summed E-state index contributed by atoms with van der Waals surface area (Å²) in [5.74, 6) is 0.150. The normalized spacial score (nSPS) is 33.2. The van der Waals surface area contributed by atoms with Gasteiger partial charge in [0.15, 0.2) is 6.19 Å². The minimum Gasteiger partial charge on any atom is -0.356 e. The van der Waals surface area contributed by atoms with Gasteiger partial charge in [0.2, 0.25) is 5.91 Å². The average Bonchev–Trinajstić information content (AvgIpc) is 2.56. The monoisotopic (exact) mass is 179 g/mol. The fourth-order valence-corrected chi connectivity index (χ4v) is 2.28. The van der Waals surface area contributed by atoms with E-state index in [4.69, 9.17) is 5.26 Å². The third-order valence-corrected chi connectivity index (χ3v) is 3.09. The molecule has 4 heteroatoms. The summed E-state index contributed by atoms with van der Waals surface area (Å²) in [5, 5.41) is 11.6. The Hall–Kier alpha value is -1.24. The molecule has 1 atom stereocenters. The summed E-state index contributed by atoms with van der Waals surface area (Å²) in [6, 6.07) is 0. The molecule has 1 amide bonds. The highest BCUT2D eigenvalue weighted by atomic mass is 16.2. The van der Waals surface area contributed by atoms with Crippen LogP contribution in [-0.4, -0.2) is 30.4 Å². The van der Waals surface area contributed by atoms with Crippen LogP contribution in [0, 0.1) is 16.9 Å². The quantitative estimate of drug-likeness (QED) is 0.535. The number of rotatable bonds is 0. The Morgan fingerprint density at radius 1 is 1.54 bits per heavy atom. The van der Waals surface area contributed by atoms with Gasteiger partial charge in [0.25, 0.3) is 0 Å². The molecule has 4 nitrogen and oxygen atoms in total. The predicted octanol–water partition coefficient (Wildman–Crippen LogP) is 0.0696. The summed E-state index contributed by atoms with van der Waals surface area (Å²) < 4.78 is 0. The molecule has 0 aliphatic carbocycles. The Kier molecular flexibility index (Phi) is 1.87. The SMILES string of the molecule is N#CN1CCC2(CCCNC2=O)C1. The van der Waals surface area contributed by atoms with E-state index >= 15 is 0 Å². The molecule has 0 aromatic rings. The number of nitriles is 1. The molecule has 2 heterocycles. The molecule has 0 radical (unpaired) electrons. The Morgan fingerprint density at radius 2 is 2.38 bits per heavy atom. The Balaban J connectivity index is 2.13. The van der Waals surface area contributed by atoms with Crippen molar-refractivity contribution in [2.24, 2.45) is 5.41 Å². The van der Waals surface area contributed by atoms with Gasteiger partial charge in [-0.05, 0) is 19.3 Å². The van der Waals surface area contributed by atoms with Gasteiger partial charge in [0.1, 0.15) is 0 Å². The summed E-state index contributed by atoms with van der Waals surface area (Å²) in [5.41, 5.74) is -0.242. The van der Waals surface area contributed by atoms with Crippen LogP contribution < -0.4 is 5.32 Å². The lowest BCUT2D eigenvalue weighted by Crippen LogP contribution is -2.47. The van der Waals surface area contributed by atoms with E-state index in [0.717, 1.165) is 32.4 Å². The summed E-state index contributed by atoms with van der Waals surface area (Å²) >= 11 is 0. The topological polar surface area (TPSA) is 56.1 Å². The summed E-state index contributed by atoms with van der Waals surface area (Å²) in [7, 11) is 0. The average molecular weight is 179 g/mol. The van der Waals surface area contributed by atoms with Gasteiger partial charge < -0.3 is 10.2 Å². The Morgan fingerprint density at radius 3 is 3.00 bits per heavy atom. The van der Waals surface area contributed by atoms with Gasteiger partial charge in [-0.25, -0.2) is 0 Å². The fourth-order valence-electron chi connectivity index (χ4n) is 2.28. The van der Waals surface area contributed by atoms with Gasteiger partial charge in [-0.3, -0.25) is 4.79 Å². The molecule has 2 fully saturated rings. The standard InChI is InChI=1S/C9H13N3O/c10-7-12-5-3-9(6-12)2-1-4-11-8(9)13/h1-6H2,(H,11,13). The van der Waals surface area contributed by atoms with E-state index in [1.54, 1.807) is 4.90 Å². The van der Waals surface area contributed by atoms with Gasteiger partial charge in [0.05, 0.1) is 5.41 Å². The van der Waals surface area contributed by atoms with Gasteiger partial charge in [0, 0.05) is 19.6 Å². The highest BCUT2D eigenvalue weighted by Gasteiger charge is 2.45. The van der Waals surface area contributed by atoms with Crippen molar-refractivity contribution in [1.29, 1.82) is 5.26 Å².